The van der Waals surface area contributed by atoms with Crippen LogP contribution in [0.25, 0.3) is 0 Å². The molecule has 0 radical (unpaired) electrons. The van der Waals surface area contributed by atoms with Crippen molar-refractivity contribution in [3.8, 4) is 5.75 Å². The van der Waals surface area contributed by atoms with Crippen molar-refractivity contribution in [3.05, 3.63) is 65.2 Å². The van der Waals surface area contributed by atoms with Gasteiger partial charge in [-0.25, -0.2) is 0 Å². The number of ether oxygens (including phenoxy) is 3. The number of likely N-dealkylation sites (tertiary alicyclic amines) is 1. The normalized spacial score (nSPS) is 22.4. The second kappa shape index (κ2) is 10.5. The van der Waals surface area contributed by atoms with E-state index in [-0.39, 0.29) is 35.9 Å². The maximum atomic E-state index is 13.3. The zero-order chi connectivity index (χ0) is 24.3. The highest BCUT2D eigenvalue weighted by Crippen LogP contribution is 2.44. The molecule has 2 aromatic carbocycles. The van der Waals surface area contributed by atoms with Crippen LogP contribution in [-0.4, -0.2) is 47.8 Å². The molecular weight excluding hydrogens is 426 g/mol. The monoisotopic (exact) mass is 465 g/mol. The highest BCUT2D eigenvalue weighted by atomic mass is 16.5. The average Bonchev–Trinajstić information content (AvgIpc) is 2.80. The Balaban J connectivity index is 1.45. The van der Waals surface area contributed by atoms with Crippen molar-refractivity contribution in [2.24, 2.45) is 0 Å². The number of nitrogens with zero attached hydrogens (tertiary/aromatic N) is 1. The molecule has 2 aliphatic heterocycles. The van der Waals surface area contributed by atoms with Crippen LogP contribution in [-0.2, 0) is 9.47 Å². The average molecular weight is 466 g/mol. The molecule has 0 unspecified atom stereocenters. The third kappa shape index (κ3) is 5.81. The van der Waals surface area contributed by atoms with Gasteiger partial charge in [0.1, 0.15) is 5.75 Å². The van der Waals surface area contributed by atoms with Crippen molar-refractivity contribution in [3.63, 3.8) is 0 Å². The van der Waals surface area contributed by atoms with Gasteiger partial charge in [0.2, 0.25) is 0 Å². The lowest BCUT2D eigenvalue weighted by atomic mass is 9.80. The molecular formula is C29H39NO4. The van der Waals surface area contributed by atoms with Crippen LogP contribution in [0.5, 0.6) is 5.75 Å². The Morgan fingerprint density at radius 1 is 1.03 bits per heavy atom. The summed E-state index contributed by atoms with van der Waals surface area (Å²) in [4.78, 5) is 15.2. The van der Waals surface area contributed by atoms with E-state index in [1.807, 2.05) is 49.9 Å². The van der Waals surface area contributed by atoms with Crippen molar-refractivity contribution in [1.29, 1.82) is 0 Å². The summed E-state index contributed by atoms with van der Waals surface area (Å²) in [7, 11) is 0. The quantitative estimate of drug-likeness (QED) is 0.517. The first-order valence-corrected chi connectivity index (χ1v) is 12.7. The fraction of sp³-hybridized carbons (Fsp3) is 0.552. The van der Waals surface area contributed by atoms with Gasteiger partial charge in [-0.05, 0) is 76.8 Å². The summed E-state index contributed by atoms with van der Waals surface area (Å²) in [5.74, 6) is 0.919. The molecule has 0 bridgehead atoms. The number of rotatable bonds is 6. The Hall–Kier alpha value is -2.37. The molecule has 184 valence electrons. The molecule has 5 heteroatoms. The van der Waals surface area contributed by atoms with Crippen LogP contribution in [0, 0.1) is 6.92 Å². The van der Waals surface area contributed by atoms with Gasteiger partial charge in [0.25, 0.3) is 5.91 Å². The molecule has 2 saturated heterocycles. The third-order valence-electron chi connectivity index (χ3n) is 6.85. The molecule has 0 aromatic heterocycles. The van der Waals surface area contributed by atoms with Gasteiger partial charge in [-0.1, -0.05) is 30.3 Å². The van der Waals surface area contributed by atoms with E-state index in [1.165, 1.54) is 5.56 Å². The number of aryl methyl sites for hydroxylation is 1. The summed E-state index contributed by atoms with van der Waals surface area (Å²) in [6.45, 7) is 11.6. The van der Waals surface area contributed by atoms with E-state index in [9.17, 15) is 4.79 Å². The predicted octanol–water partition coefficient (Wildman–Crippen LogP) is 6.10. The number of carbonyl (C=O) groups is 1. The molecule has 5 nitrogen and oxygen atoms in total. The standard InChI is InChI=1S/C29H39NO4/c1-20(2)32-25-18-27(23-9-7-6-8-10-23)34-29(19-25)13-15-30(16-14-29)28(31)24-11-12-26(22(5)17-24)33-21(3)4/h6-12,17,20-21,25,27H,13-16,18-19H2,1-5H3/t25-,27-/m1/s1. The molecule has 2 heterocycles. The Morgan fingerprint density at radius 3 is 2.35 bits per heavy atom. The lowest BCUT2D eigenvalue weighted by molar-refractivity contribution is -0.197. The van der Waals surface area contributed by atoms with Crippen molar-refractivity contribution >= 4 is 5.91 Å². The van der Waals surface area contributed by atoms with E-state index >= 15 is 0 Å². The first-order valence-electron chi connectivity index (χ1n) is 12.7. The van der Waals surface area contributed by atoms with E-state index in [0.717, 1.165) is 42.6 Å². The summed E-state index contributed by atoms with van der Waals surface area (Å²) in [6, 6.07) is 16.2. The first kappa shape index (κ1) is 24.7. The number of hydrogen-bond donors (Lipinski definition) is 0. The molecule has 1 spiro atoms. The van der Waals surface area contributed by atoms with Crippen LogP contribution in [0.3, 0.4) is 0 Å². The van der Waals surface area contributed by atoms with Gasteiger partial charge >= 0.3 is 0 Å². The smallest absolute Gasteiger partial charge is 0.253 e. The van der Waals surface area contributed by atoms with Gasteiger partial charge in [0.15, 0.2) is 0 Å². The third-order valence-corrected chi connectivity index (χ3v) is 6.85. The van der Waals surface area contributed by atoms with Crippen LogP contribution < -0.4 is 4.74 Å². The van der Waals surface area contributed by atoms with Crippen LogP contribution in [0.2, 0.25) is 0 Å². The summed E-state index contributed by atoms with van der Waals surface area (Å²) in [5.41, 5.74) is 2.66. The lowest BCUT2D eigenvalue weighted by Crippen LogP contribution is -2.52. The van der Waals surface area contributed by atoms with Crippen molar-refractivity contribution < 1.29 is 19.0 Å². The SMILES string of the molecule is Cc1cc(C(=O)N2CCC3(CC2)C[C@H](OC(C)C)C[C@H](c2ccccc2)O3)ccc1OC(C)C. The van der Waals surface area contributed by atoms with Crippen LogP contribution in [0.1, 0.15) is 81.0 Å². The molecule has 0 aliphatic carbocycles. The van der Waals surface area contributed by atoms with Gasteiger partial charge in [0.05, 0.1) is 30.0 Å². The number of carbonyl (C=O) groups excluding carboxylic acids is 1. The highest BCUT2D eigenvalue weighted by molar-refractivity contribution is 5.94. The largest absolute Gasteiger partial charge is 0.491 e. The number of amides is 1. The summed E-state index contributed by atoms with van der Waals surface area (Å²) in [5, 5.41) is 0. The minimum Gasteiger partial charge on any atom is -0.491 e. The number of hydrogen-bond acceptors (Lipinski definition) is 4. The second-order valence-corrected chi connectivity index (χ2v) is 10.4. The maximum Gasteiger partial charge on any atom is 0.253 e. The van der Waals surface area contributed by atoms with E-state index in [4.69, 9.17) is 14.2 Å². The highest BCUT2D eigenvalue weighted by Gasteiger charge is 2.45. The van der Waals surface area contributed by atoms with Crippen molar-refractivity contribution in [2.45, 2.75) is 90.3 Å². The zero-order valence-electron chi connectivity index (χ0n) is 21.3. The van der Waals surface area contributed by atoms with Gasteiger partial charge in [-0.15, -0.1) is 0 Å². The van der Waals surface area contributed by atoms with E-state index in [1.54, 1.807) is 0 Å². The van der Waals surface area contributed by atoms with Crippen LogP contribution in [0.4, 0.5) is 0 Å². The molecule has 2 atom stereocenters. The summed E-state index contributed by atoms with van der Waals surface area (Å²) in [6.07, 6.45) is 3.89. The number of piperidine rings is 1. The molecule has 1 amide bonds. The molecule has 0 saturated carbocycles. The van der Waals surface area contributed by atoms with E-state index in [0.29, 0.717) is 13.1 Å². The summed E-state index contributed by atoms with van der Waals surface area (Å²) < 4.78 is 18.9. The predicted molar refractivity (Wildman–Crippen MR) is 134 cm³/mol. The minimum atomic E-state index is -0.250. The molecule has 2 aliphatic rings. The van der Waals surface area contributed by atoms with Crippen LogP contribution >= 0.6 is 0 Å². The van der Waals surface area contributed by atoms with Gasteiger partial charge in [-0.2, -0.15) is 0 Å². The summed E-state index contributed by atoms with van der Waals surface area (Å²) >= 11 is 0. The topological polar surface area (TPSA) is 48.0 Å². The molecule has 2 fully saturated rings. The zero-order valence-corrected chi connectivity index (χ0v) is 21.3. The maximum absolute atomic E-state index is 13.3. The van der Waals surface area contributed by atoms with Crippen molar-refractivity contribution in [2.75, 3.05) is 13.1 Å². The fourth-order valence-electron chi connectivity index (χ4n) is 5.29. The molecule has 2 aromatic rings. The fourth-order valence-corrected chi connectivity index (χ4v) is 5.29. The first-order chi connectivity index (χ1) is 16.2. The van der Waals surface area contributed by atoms with E-state index < -0.39 is 0 Å². The van der Waals surface area contributed by atoms with Gasteiger partial charge in [-0.3, -0.25) is 4.79 Å². The number of benzene rings is 2. The second-order valence-electron chi connectivity index (χ2n) is 10.4. The Kier molecular flexibility index (Phi) is 7.63. The minimum absolute atomic E-state index is 0.0251. The van der Waals surface area contributed by atoms with Crippen molar-refractivity contribution in [1.82, 2.24) is 4.90 Å². The Morgan fingerprint density at radius 2 is 1.74 bits per heavy atom. The molecule has 34 heavy (non-hydrogen) atoms. The van der Waals surface area contributed by atoms with Gasteiger partial charge < -0.3 is 19.1 Å². The lowest BCUT2D eigenvalue weighted by Gasteiger charge is -2.49. The van der Waals surface area contributed by atoms with Crippen LogP contribution in [0.15, 0.2) is 48.5 Å². The van der Waals surface area contributed by atoms with E-state index in [2.05, 4.69) is 38.1 Å². The molecule has 4 rings (SSSR count). The Bertz CT molecular complexity index is 963. The van der Waals surface area contributed by atoms with Gasteiger partial charge in [0, 0.05) is 31.5 Å². The Labute approximate surface area is 204 Å². The molecule has 0 N–H and O–H groups in total.